The second-order valence-corrected chi connectivity index (χ2v) is 5.10. The zero-order chi connectivity index (χ0) is 15.4. The number of hydrogen-bond donors (Lipinski definition) is 1. The molecule has 0 radical (unpaired) electrons. The Morgan fingerprint density at radius 2 is 1.71 bits per heavy atom. The van der Waals surface area contributed by atoms with E-state index in [0.29, 0.717) is 6.54 Å². The Balaban J connectivity index is 2.51. The maximum absolute atomic E-state index is 14.1. The van der Waals surface area contributed by atoms with E-state index in [2.05, 4.69) is 5.32 Å². The van der Waals surface area contributed by atoms with Crippen LogP contribution in [-0.4, -0.2) is 6.54 Å². The third-order valence-electron chi connectivity index (χ3n) is 3.17. The second kappa shape index (κ2) is 6.96. The van der Waals surface area contributed by atoms with Crippen LogP contribution in [0.1, 0.15) is 30.5 Å². The first-order valence-electron chi connectivity index (χ1n) is 6.66. The van der Waals surface area contributed by atoms with Crippen LogP contribution < -0.4 is 5.32 Å². The summed E-state index contributed by atoms with van der Waals surface area (Å²) in [6.07, 6.45) is 0.780. The summed E-state index contributed by atoms with van der Waals surface area (Å²) in [5, 5.41) is 2.75. The molecule has 112 valence electrons. The summed E-state index contributed by atoms with van der Waals surface area (Å²) in [5.74, 6) is -1.87. The fourth-order valence-corrected chi connectivity index (χ4v) is 2.29. The smallest absolute Gasteiger partial charge is 0.142 e. The summed E-state index contributed by atoms with van der Waals surface area (Å²) in [7, 11) is 0. The van der Waals surface area contributed by atoms with Crippen molar-refractivity contribution in [1.82, 2.24) is 5.32 Å². The standard InChI is InChI=1S/C16H15ClF3N/c1-2-7-21-16(10-5-3-4-6-13(10)18)11-8-15(20)12(17)9-14(11)19/h3-6,8-9,16,21H,2,7H2,1H3. The monoisotopic (exact) mass is 313 g/mol. The quantitative estimate of drug-likeness (QED) is 0.778. The van der Waals surface area contributed by atoms with Gasteiger partial charge in [-0.2, -0.15) is 0 Å². The van der Waals surface area contributed by atoms with Gasteiger partial charge in [0, 0.05) is 11.1 Å². The van der Waals surface area contributed by atoms with Gasteiger partial charge in [-0.25, -0.2) is 13.2 Å². The molecule has 0 bridgehead atoms. The minimum Gasteiger partial charge on any atom is -0.306 e. The zero-order valence-corrected chi connectivity index (χ0v) is 12.2. The van der Waals surface area contributed by atoms with Gasteiger partial charge in [0.2, 0.25) is 0 Å². The average Bonchev–Trinajstić information content (AvgIpc) is 2.46. The summed E-state index contributed by atoms with van der Waals surface area (Å²) in [5.41, 5.74) is 0.307. The van der Waals surface area contributed by atoms with Gasteiger partial charge in [-0.05, 0) is 31.2 Å². The molecule has 0 aromatic heterocycles. The minimum atomic E-state index is -0.766. The SMILES string of the molecule is CCCNC(c1ccccc1F)c1cc(F)c(Cl)cc1F. The summed E-state index contributed by atoms with van der Waals surface area (Å²) in [4.78, 5) is 0. The molecule has 0 amide bonds. The van der Waals surface area contributed by atoms with E-state index in [4.69, 9.17) is 11.6 Å². The van der Waals surface area contributed by atoms with E-state index in [1.54, 1.807) is 18.2 Å². The van der Waals surface area contributed by atoms with Crippen LogP contribution in [0.3, 0.4) is 0 Å². The van der Waals surface area contributed by atoms with Crippen LogP contribution >= 0.6 is 11.6 Å². The molecule has 2 rings (SSSR count). The van der Waals surface area contributed by atoms with Crippen LogP contribution in [0.25, 0.3) is 0 Å². The number of hydrogen-bond acceptors (Lipinski definition) is 1. The van der Waals surface area contributed by atoms with Crippen molar-refractivity contribution in [1.29, 1.82) is 0 Å². The third kappa shape index (κ3) is 3.57. The molecule has 1 unspecified atom stereocenters. The molecule has 2 aromatic rings. The lowest BCUT2D eigenvalue weighted by atomic mass is 9.97. The van der Waals surface area contributed by atoms with Crippen molar-refractivity contribution in [3.05, 3.63) is 70.0 Å². The number of halogens is 4. The van der Waals surface area contributed by atoms with Gasteiger partial charge in [0.05, 0.1) is 11.1 Å². The zero-order valence-electron chi connectivity index (χ0n) is 11.5. The summed E-state index contributed by atoms with van der Waals surface area (Å²) >= 11 is 5.56. The highest BCUT2D eigenvalue weighted by Gasteiger charge is 2.22. The van der Waals surface area contributed by atoms with E-state index >= 15 is 0 Å². The van der Waals surface area contributed by atoms with Gasteiger partial charge in [0.15, 0.2) is 0 Å². The molecule has 1 N–H and O–H groups in total. The van der Waals surface area contributed by atoms with Crippen LogP contribution in [-0.2, 0) is 0 Å². The molecule has 5 heteroatoms. The van der Waals surface area contributed by atoms with Crippen LogP contribution in [0.5, 0.6) is 0 Å². The molecule has 0 saturated heterocycles. The predicted octanol–water partition coefficient (Wildman–Crippen LogP) is 4.85. The average molecular weight is 314 g/mol. The Bertz CT molecular complexity index is 631. The molecule has 0 aliphatic carbocycles. The van der Waals surface area contributed by atoms with E-state index < -0.39 is 23.5 Å². The molecule has 21 heavy (non-hydrogen) atoms. The van der Waals surface area contributed by atoms with E-state index in [9.17, 15) is 13.2 Å². The molecular formula is C16H15ClF3N. The first-order valence-corrected chi connectivity index (χ1v) is 7.04. The number of benzene rings is 2. The highest BCUT2D eigenvalue weighted by Crippen LogP contribution is 2.29. The van der Waals surface area contributed by atoms with Gasteiger partial charge >= 0.3 is 0 Å². The molecule has 0 heterocycles. The molecule has 0 saturated carbocycles. The fourth-order valence-electron chi connectivity index (χ4n) is 2.14. The van der Waals surface area contributed by atoms with Crippen molar-refractivity contribution in [2.45, 2.75) is 19.4 Å². The summed E-state index contributed by atoms with van der Waals surface area (Å²) in [6, 6.07) is 7.20. The van der Waals surface area contributed by atoms with Gasteiger partial charge in [0.1, 0.15) is 17.5 Å². The van der Waals surface area contributed by atoms with Crippen molar-refractivity contribution >= 4 is 11.6 Å². The largest absolute Gasteiger partial charge is 0.306 e. The Morgan fingerprint density at radius 1 is 1.00 bits per heavy atom. The molecule has 0 aliphatic rings. The van der Waals surface area contributed by atoms with Crippen LogP contribution in [0.4, 0.5) is 13.2 Å². The van der Waals surface area contributed by atoms with Gasteiger partial charge in [-0.1, -0.05) is 36.7 Å². The van der Waals surface area contributed by atoms with Crippen molar-refractivity contribution in [2.75, 3.05) is 6.54 Å². The van der Waals surface area contributed by atoms with E-state index in [1.807, 2.05) is 6.92 Å². The van der Waals surface area contributed by atoms with Crippen LogP contribution in [0, 0.1) is 17.5 Å². The van der Waals surface area contributed by atoms with Crippen molar-refractivity contribution < 1.29 is 13.2 Å². The molecule has 0 fully saturated rings. The first kappa shape index (κ1) is 15.9. The molecule has 0 spiro atoms. The molecular weight excluding hydrogens is 299 g/mol. The van der Waals surface area contributed by atoms with Crippen molar-refractivity contribution in [2.24, 2.45) is 0 Å². The summed E-state index contributed by atoms with van der Waals surface area (Å²) in [6.45, 7) is 2.48. The van der Waals surface area contributed by atoms with Gasteiger partial charge in [-0.15, -0.1) is 0 Å². The Kier molecular flexibility index (Phi) is 5.26. The Morgan fingerprint density at radius 3 is 2.38 bits per heavy atom. The fraction of sp³-hybridized carbons (Fsp3) is 0.250. The van der Waals surface area contributed by atoms with Crippen molar-refractivity contribution in [3.8, 4) is 0 Å². The first-order chi connectivity index (χ1) is 10.0. The van der Waals surface area contributed by atoms with Gasteiger partial charge in [-0.3, -0.25) is 0 Å². The predicted molar refractivity (Wildman–Crippen MR) is 77.9 cm³/mol. The normalized spacial score (nSPS) is 12.4. The van der Waals surface area contributed by atoms with E-state index in [-0.39, 0.29) is 16.1 Å². The second-order valence-electron chi connectivity index (χ2n) is 4.70. The molecule has 1 nitrogen and oxygen atoms in total. The highest BCUT2D eigenvalue weighted by atomic mass is 35.5. The van der Waals surface area contributed by atoms with E-state index in [0.717, 1.165) is 18.6 Å². The maximum Gasteiger partial charge on any atom is 0.142 e. The topological polar surface area (TPSA) is 12.0 Å². The molecule has 2 aromatic carbocycles. The van der Waals surface area contributed by atoms with Crippen LogP contribution in [0.15, 0.2) is 36.4 Å². The highest BCUT2D eigenvalue weighted by molar-refractivity contribution is 6.30. The molecule has 1 atom stereocenters. The van der Waals surface area contributed by atoms with Crippen LogP contribution in [0.2, 0.25) is 5.02 Å². The Labute approximate surface area is 126 Å². The lowest BCUT2D eigenvalue weighted by Crippen LogP contribution is -2.25. The number of nitrogens with one attached hydrogen (secondary N) is 1. The minimum absolute atomic E-state index is 0.0375. The van der Waals surface area contributed by atoms with Crippen molar-refractivity contribution in [3.63, 3.8) is 0 Å². The maximum atomic E-state index is 14.1. The Hall–Kier alpha value is -1.52. The lowest BCUT2D eigenvalue weighted by molar-refractivity contribution is 0.513. The lowest BCUT2D eigenvalue weighted by Gasteiger charge is -2.21. The van der Waals surface area contributed by atoms with Gasteiger partial charge < -0.3 is 5.32 Å². The molecule has 0 aliphatic heterocycles. The summed E-state index contributed by atoms with van der Waals surface area (Å²) < 4.78 is 41.7. The van der Waals surface area contributed by atoms with Gasteiger partial charge in [0.25, 0.3) is 0 Å². The third-order valence-corrected chi connectivity index (χ3v) is 3.45. The number of rotatable bonds is 5. The van der Waals surface area contributed by atoms with E-state index in [1.165, 1.54) is 6.07 Å².